The first kappa shape index (κ1) is 23.7. The van der Waals surface area contributed by atoms with Crippen LogP contribution >= 0.6 is 23.2 Å². The van der Waals surface area contributed by atoms with Gasteiger partial charge < -0.3 is 9.47 Å². The Bertz CT molecular complexity index is 1090. The average Bonchev–Trinajstić information content (AvgIpc) is 3.09. The second-order valence-corrected chi connectivity index (χ2v) is 10.3. The van der Waals surface area contributed by atoms with Gasteiger partial charge in [0.25, 0.3) is 0 Å². The van der Waals surface area contributed by atoms with Crippen molar-refractivity contribution in [2.24, 2.45) is 11.8 Å². The molecule has 4 rings (SSSR count). The number of carbonyl (C=O) groups excluding carboxylic acids is 2. The molecule has 4 atom stereocenters. The summed E-state index contributed by atoms with van der Waals surface area (Å²) in [4.78, 5) is 27.2. The van der Waals surface area contributed by atoms with Gasteiger partial charge in [-0.3, -0.25) is 4.79 Å². The summed E-state index contributed by atoms with van der Waals surface area (Å²) in [6, 6.07) is 13.3. The quantitative estimate of drug-likeness (QED) is 0.466. The summed E-state index contributed by atoms with van der Waals surface area (Å²) in [7, 11) is 1.60. The molecule has 2 aliphatic rings. The zero-order valence-corrected chi connectivity index (χ0v) is 20.6. The van der Waals surface area contributed by atoms with Crippen LogP contribution in [0.4, 0.5) is 4.79 Å². The predicted molar refractivity (Wildman–Crippen MR) is 129 cm³/mol. The fourth-order valence-electron chi connectivity index (χ4n) is 4.79. The Balaban J connectivity index is 1.75. The summed E-state index contributed by atoms with van der Waals surface area (Å²) in [5.41, 5.74) is 1.29. The standard InChI is InChI=1S/C26H27Cl2NO4/c1-26(2,3)33-25(31)29-14-21-20(24(29)30)12-11-19(18-10-9-17(32-4)13-22(18)28)23(21)15-5-7-16(27)8-6-15/h5-13,19-21,23H,14H2,1-4H3/t19-,20-,21+,23-/m0/s1. The van der Waals surface area contributed by atoms with Crippen molar-refractivity contribution in [3.63, 3.8) is 0 Å². The largest absolute Gasteiger partial charge is 0.497 e. The molecule has 33 heavy (non-hydrogen) atoms. The van der Waals surface area contributed by atoms with Crippen molar-refractivity contribution in [1.29, 1.82) is 0 Å². The Morgan fingerprint density at radius 3 is 2.30 bits per heavy atom. The highest BCUT2D eigenvalue weighted by atomic mass is 35.5. The number of carbonyl (C=O) groups is 2. The Morgan fingerprint density at radius 1 is 1.03 bits per heavy atom. The number of nitrogens with zero attached hydrogens (tertiary/aromatic N) is 1. The van der Waals surface area contributed by atoms with Crippen LogP contribution in [0.1, 0.15) is 43.7 Å². The second kappa shape index (κ2) is 9.03. The SMILES string of the molecule is COc1ccc([C@@H]2C=C[C@@H]3C(=O)N(C(=O)OC(C)(C)C)C[C@H]3[C@H]2c2ccc(Cl)cc2)c(Cl)c1. The van der Waals surface area contributed by atoms with Crippen molar-refractivity contribution in [3.05, 3.63) is 75.8 Å². The number of benzene rings is 2. The van der Waals surface area contributed by atoms with Gasteiger partial charge >= 0.3 is 6.09 Å². The molecule has 174 valence electrons. The van der Waals surface area contributed by atoms with Crippen LogP contribution in [0.25, 0.3) is 0 Å². The lowest BCUT2D eigenvalue weighted by Crippen LogP contribution is -2.38. The number of methoxy groups -OCH3 is 1. The van der Waals surface area contributed by atoms with E-state index in [-0.39, 0.29) is 30.2 Å². The first-order chi connectivity index (χ1) is 15.6. The third-order valence-electron chi connectivity index (χ3n) is 6.22. The molecule has 5 nitrogen and oxygen atoms in total. The zero-order chi connectivity index (χ0) is 23.9. The molecular formula is C26H27Cl2NO4. The van der Waals surface area contributed by atoms with Crippen LogP contribution < -0.4 is 4.74 Å². The van der Waals surface area contributed by atoms with Crippen molar-refractivity contribution in [1.82, 2.24) is 4.90 Å². The van der Waals surface area contributed by atoms with Crippen LogP contribution in [0.2, 0.25) is 10.0 Å². The van der Waals surface area contributed by atoms with Gasteiger partial charge in [0.15, 0.2) is 0 Å². The number of ether oxygens (including phenoxy) is 2. The van der Waals surface area contributed by atoms with E-state index in [0.29, 0.717) is 15.8 Å². The molecule has 2 aromatic rings. The smallest absolute Gasteiger partial charge is 0.417 e. The average molecular weight is 488 g/mol. The number of hydrogen-bond acceptors (Lipinski definition) is 4. The normalized spacial score (nSPS) is 24.5. The molecule has 1 fully saturated rings. The molecule has 1 aliphatic carbocycles. The highest BCUT2D eigenvalue weighted by molar-refractivity contribution is 6.31. The molecule has 2 amide bonds. The third kappa shape index (κ3) is 4.75. The maximum Gasteiger partial charge on any atom is 0.417 e. The van der Waals surface area contributed by atoms with Gasteiger partial charge in [-0.1, -0.05) is 53.6 Å². The summed E-state index contributed by atoms with van der Waals surface area (Å²) >= 11 is 12.8. The number of rotatable bonds is 3. The van der Waals surface area contributed by atoms with Crippen molar-refractivity contribution >= 4 is 35.2 Å². The van der Waals surface area contributed by atoms with Gasteiger partial charge in [-0.15, -0.1) is 0 Å². The van der Waals surface area contributed by atoms with E-state index >= 15 is 0 Å². The topological polar surface area (TPSA) is 55.8 Å². The molecule has 1 aliphatic heterocycles. The van der Waals surface area contributed by atoms with Gasteiger partial charge in [-0.25, -0.2) is 9.69 Å². The first-order valence-electron chi connectivity index (χ1n) is 10.9. The summed E-state index contributed by atoms with van der Waals surface area (Å²) in [5, 5.41) is 1.23. The van der Waals surface area contributed by atoms with Gasteiger partial charge in [0.05, 0.1) is 13.0 Å². The Hall–Kier alpha value is -2.50. The van der Waals surface area contributed by atoms with Crippen molar-refractivity contribution in [2.45, 2.75) is 38.2 Å². The van der Waals surface area contributed by atoms with Crippen molar-refractivity contribution in [3.8, 4) is 5.75 Å². The lowest BCUT2D eigenvalue weighted by Gasteiger charge is -2.36. The molecule has 0 saturated carbocycles. The van der Waals surface area contributed by atoms with E-state index in [9.17, 15) is 9.59 Å². The van der Waals surface area contributed by atoms with Crippen molar-refractivity contribution in [2.75, 3.05) is 13.7 Å². The second-order valence-electron chi connectivity index (χ2n) is 9.49. The maximum atomic E-state index is 13.2. The van der Waals surface area contributed by atoms with E-state index in [2.05, 4.69) is 0 Å². The molecule has 0 aromatic heterocycles. The Morgan fingerprint density at radius 2 is 1.70 bits per heavy atom. The summed E-state index contributed by atoms with van der Waals surface area (Å²) in [5.74, 6) is -0.261. The van der Waals surface area contributed by atoms with E-state index < -0.39 is 17.6 Å². The minimum Gasteiger partial charge on any atom is -0.497 e. The number of imide groups is 1. The van der Waals surface area contributed by atoms with Gasteiger partial charge in [0.1, 0.15) is 11.4 Å². The number of allylic oxidation sites excluding steroid dienone is 1. The lowest BCUT2D eigenvalue weighted by molar-refractivity contribution is -0.129. The number of amides is 2. The molecule has 7 heteroatoms. The van der Waals surface area contributed by atoms with Gasteiger partial charge in [0.2, 0.25) is 5.91 Å². The molecule has 0 unspecified atom stereocenters. The van der Waals surface area contributed by atoms with E-state index in [4.69, 9.17) is 32.7 Å². The molecule has 0 bridgehead atoms. The molecule has 1 heterocycles. The highest BCUT2D eigenvalue weighted by Gasteiger charge is 2.50. The minimum atomic E-state index is -0.685. The summed E-state index contributed by atoms with van der Waals surface area (Å²) < 4.78 is 10.8. The Kier molecular flexibility index (Phi) is 6.47. The van der Waals surface area contributed by atoms with Crippen LogP contribution in [-0.4, -0.2) is 36.2 Å². The van der Waals surface area contributed by atoms with E-state index in [1.54, 1.807) is 33.9 Å². The minimum absolute atomic E-state index is 0.0838. The summed E-state index contributed by atoms with van der Waals surface area (Å²) in [6.07, 6.45) is 3.34. The lowest BCUT2D eigenvalue weighted by atomic mass is 9.67. The van der Waals surface area contributed by atoms with Crippen LogP contribution in [0, 0.1) is 11.8 Å². The van der Waals surface area contributed by atoms with E-state index in [1.807, 2.05) is 48.6 Å². The number of fused-ring (bicyclic) bond motifs is 1. The highest BCUT2D eigenvalue weighted by Crippen LogP contribution is 2.51. The van der Waals surface area contributed by atoms with E-state index in [1.165, 1.54) is 4.90 Å². The van der Waals surface area contributed by atoms with Crippen LogP contribution in [-0.2, 0) is 9.53 Å². The number of hydrogen-bond donors (Lipinski definition) is 0. The monoisotopic (exact) mass is 487 g/mol. The van der Waals surface area contributed by atoms with Gasteiger partial charge in [-0.2, -0.15) is 0 Å². The fourth-order valence-corrected chi connectivity index (χ4v) is 5.21. The number of halogens is 2. The molecule has 0 radical (unpaired) electrons. The Labute approximate surface area is 204 Å². The van der Waals surface area contributed by atoms with Crippen LogP contribution in [0.5, 0.6) is 5.75 Å². The molecule has 0 N–H and O–H groups in total. The maximum absolute atomic E-state index is 13.2. The predicted octanol–water partition coefficient (Wildman–Crippen LogP) is 6.45. The van der Waals surface area contributed by atoms with Gasteiger partial charge in [-0.05, 0) is 68.0 Å². The summed E-state index contributed by atoms with van der Waals surface area (Å²) in [6.45, 7) is 5.64. The first-order valence-corrected chi connectivity index (χ1v) is 11.7. The number of likely N-dealkylation sites (tertiary alicyclic amines) is 1. The fraction of sp³-hybridized carbons (Fsp3) is 0.385. The molecule has 2 aromatic carbocycles. The molecule has 0 spiro atoms. The van der Waals surface area contributed by atoms with Gasteiger partial charge in [0, 0.05) is 22.5 Å². The molecule has 1 saturated heterocycles. The van der Waals surface area contributed by atoms with Crippen LogP contribution in [0.3, 0.4) is 0 Å². The zero-order valence-electron chi connectivity index (χ0n) is 19.0. The molecular weight excluding hydrogens is 461 g/mol. The van der Waals surface area contributed by atoms with Crippen molar-refractivity contribution < 1.29 is 19.1 Å². The third-order valence-corrected chi connectivity index (χ3v) is 6.79. The van der Waals surface area contributed by atoms with Crippen LogP contribution in [0.15, 0.2) is 54.6 Å². The van der Waals surface area contributed by atoms with E-state index in [0.717, 1.165) is 11.1 Å².